The number of fused-ring (bicyclic) bond motifs is 1. The fourth-order valence-corrected chi connectivity index (χ4v) is 3.37. The number of carbonyl (C=O) groups excluding carboxylic acids is 1. The summed E-state index contributed by atoms with van der Waals surface area (Å²) in [6.07, 6.45) is 6.30. The molecule has 1 N–H and O–H groups in total. The molecule has 1 aliphatic rings. The van der Waals surface area contributed by atoms with E-state index in [1.807, 2.05) is 30.3 Å². The van der Waals surface area contributed by atoms with E-state index >= 15 is 0 Å². The van der Waals surface area contributed by atoms with Crippen LogP contribution in [-0.4, -0.2) is 40.0 Å². The lowest BCUT2D eigenvalue weighted by molar-refractivity contribution is 0.0925. The molecular formula is C19H18ClN5O. The van der Waals surface area contributed by atoms with Gasteiger partial charge in [0, 0.05) is 41.9 Å². The summed E-state index contributed by atoms with van der Waals surface area (Å²) in [4.78, 5) is 27.1. The minimum absolute atomic E-state index is 0.139. The van der Waals surface area contributed by atoms with Crippen LogP contribution in [0.25, 0.3) is 10.9 Å². The number of hydrogen-bond acceptors (Lipinski definition) is 5. The Morgan fingerprint density at radius 1 is 1.15 bits per heavy atom. The maximum Gasteiger partial charge on any atom is 0.271 e. The molecule has 0 radical (unpaired) electrons. The van der Waals surface area contributed by atoms with Crippen LogP contribution < -0.4 is 10.2 Å². The lowest BCUT2D eigenvalue weighted by Gasteiger charge is -2.33. The normalized spacial score (nSPS) is 15.2. The largest absolute Gasteiger partial charge is 0.356 e. The van der Waals surface area contributed by atoms with E-state index in [0.717, 1.165) is 42.7 Å². The zero-order valence-electron chi connectivity index (χ0n) is 14.1. The van der Waals surface area contributed by atoms with Crippen molar-refractivity contribution in [2.75, 3.05) is 18.0 Å². The molecule has 1 aromatic carbocycles. The molecule has 1 saturated heterocycles. The van der Waals surface area contributed by atoms with E-state index in [-0.39, 0.29) is 11.9 Å². The number of nitrogens with zero attached hydrogens (tertiary/aromatic N) is 4. The quantitative estimate of drug-likeness (QED) is 0.770. The second kappa shape index (κ2) is 7.25. The van der Waals surface area contributed by atoms with Crippen molar-refractivity contribution < 1.29 is 4.79 Å². The molecule has 0 spiro atoms. The molecule has 7 heteroatoms. The van der Waals surface area contributed by atoms with E-state index < -0.39 is 0 Å². The SMILES string of the molecule is O=C(NC1CCN(c2ccc3cc(Cl)ccc3n2)CC1)c1cnccn1. The van der Waals surface area contributed by atoms with Crippen LogP contribution in [0.1, 0.15) is 23.3 Å². The highest BCUT2D eigenvalue weighted by Crippen LogP contribution is 2.23. The molecule has 0 atom stereocenters. The van der Waals surface area contributed by atoms with Crippen molar-refractivity contribution in [1.29, 1.82) is 0 Å². The molecule has 0 bridgehead atoms. The van der Waals surface area contributed by atoms with Crippen molar-refractivity contribution in [3.05, 3.63) is 59.6 Å². The van der Waals surface area contributed by atoms with Crippen LogP contribution in [0, 0.1) is 0 Å². The minimum Gasteiger partial charge on any atom is -0.356 e. The highest BCUT2D eigenvalue weighted by atomic mass is 35.5. The fraction of sp³-hybridized carbons (Fsp3) is 0.263. The number of hydrogen-bond donors (Lipinski definition) is 1. The second-order valence-corrected chi connectivity index (χ2v) is 6.77. The lowest BCUT2D eigenvalue weighted by atomic mass is 10.0. The fourth-order valence-electron chi connectivity index (χ4n) is 3.19. The summed E-state index contributed by atoms with van der Waals surface area (Å²) in [5, 5.41) is 4.79. The van der Waals surface area contributed by atoms with Crippen molar-refractivity contribution in [3.63, 3.8) is 0 Å². The first kappa shape index (κ1) is 16.7. The molecular weight excluding hydrogens is 350 g/mol. The summed E-state index contributed by atoms with van der Waals surface area (Å²) in [6.45, 7) is 1.69. The first-order chi connectivity index (χ1) is 12.7. The number of amides is 1. The average Bonchev–Trinajstić information content (AvgIpc) is 2.69. The van der Waals surface area contributed by atoms with Gasteiger partial charge in [-0.1, -0.05) is 11.6 Å². The summed E-state index contributed by atoms with van der Waals surface area (Å²) in [5.41, 5.74) is 1.29. The van der Waals surface area contributed by atoms with Crippen molar-refractivity contribution >= 4 is 34.2 Å². The number of halogens is 1. The highest BCUT2D eigenvalue weighted by Gasteiger charge is 2.22. The second-order valence-electron chi connectivity index (χ2n) is 6.33. The van der Waals surface area contributed by atoms with Gasteiger partial charge in [0.25, 0.3) is 5.91 Å². The molecule has 1 fully saturated rings. The van der Waals surface area contributed by atoms with Gasteiger partial charge in [0.1, 0.15) is 11.5 Å². The third-order valence-electron chi connectivity index (χ3n) is 4.59. The van der Waals surface area contributed by atoms with E-state index in [0.29, 0.717) is 10.7 Å². The molecule has 132 valence electrons. The summed E-state index contributed by atoms with van der Waals surface area (Å²) < 4.78 is 0. The summed E-state index contributed by atoms with van der Waals surface area (Å²) in [5.74, 6) is 0.788. The number of piperidine rings is 1. The first-order valence-electron chi connectivity index (χ1n) is 8.57. The zero-order valence-corrected chi connectivity index (χ0v) is 14.9. The smallest absolute Gasteiger partial charge is 0.271 e. The molecule has 0 aliphatic carbocycles. The van der Waals surface area contributed by atoms with Crippen molar-refractivity contribution in [1.82, 2.24) is 20.3 Å². The summed E-state index contributed by atoms with van der Waals surface area (Å²) >= 11 is 6.03. The molecule has 2 aromatic heterocycles. The van der Waals surface area contributed by atoms with Gasteiger partial charge in [-0.15, -0.1) is 0 Å². The Hall–Kier alpha value is -2.73. The molecule has 26 heavy (non-hydrogen) atoms. The first-order valence-corrected chi connectivity index (χ1v) is 8.95. The van der Waals surface area contributed by atoms with Crippen LogP contribution in [0.3, 0.4) is 0 Å². The number of benzene rings is 1. The Kier molecular flexibility index (Phi) is 4.67. The Bertz CT molecular complexity index is 926. The van der Waals surface area contributed by atoms with Crippen LogP contribution in [0.5, 0.6) is 0 Å². The van der Waals surface area contributed by atoms with E-state index in [1.54, 1.807) is 6.20 Å². The van der Waals surface area contributed by atoms with Gasteiger partial charge in [-0.3, -0.25) is 9.78 Å². The number of pyridine rings is 1. The van der Waals surface area contributed by atoms with Crippen molar-refractivity contribution in [2.45, 2.75) is 18.9 Å². The molecule has 3 heterocycles. The van der Waals surface area contributed by atoms with Crippen LogP contribution in [0.15, 0.2) is 48.9 Å². The average molecular weight is 368 g/mol. The predicted molar refractivity (Wildman–Crippen MR) is 101 cm³/mol. The van der Waals surface area contributed by atoms with Crippen molar-refractivity contribution in [3.8, 4) is 0 Å². The lowest BCUT2D eigenvalue weighted by Crippen LogP contribution is -2.45. The van der Waals surface area contributed by atoms with Gasteiger partial charge in [0.05, 0.1) is 11.7 Å². The van der Waals surface area contributed by atoms with E-state index in [1.165, 1.54) is 12.4 Å². The summed E-state index contributed by atoms with van der Waals surface area (Å²) in [6, 6.07) is 9.93. The van der Waals surface area contributed by atoms with Crippen LogP contribution in [0.4, 0.5) is 5.82 Å². The standard InChI is InChI=1S/C19H18ClN5O/c20-14-2-3-16-13(11-14)1-4-18(24-16)25-9-5-15(6-10-25)23-19(26)17-12-21-7-8-22-17/h1-4,7-8,11-12,15H,5-6,9-10H2,(H,23,26). The van der Waals surface area contributed by atoms with Crippen LogP contribution >= 0.6 is 11.6 Å². The molecule has 4 rings (SSSR count). The van der Waals surface area contributed by atoms with Gasteiger partial charge in [0.15, 0.2) is 0 Å². The topological polar surface area (TPSA) is 71.0 Å². The number of anilines is 1. The Morgan fingerprint density at radius 3 is 2.77 bits per heavy atom. The molecule has 6 nitrogen and oxygen atoms in total. The molecule has 3 aromatic rings. The summed E-state index contributed by atoms with van der Waals surface area (Å²) in [7, 11) is 0. The third-order valence-corrected chi connectivity index (χ3v) is 4.82. The molecule has 0 saturated carbocycles. The van der Waals surface area contributed by atoms with Gasteiger partial charge in [-0.2, -0.15) is 0 Å². The van der Waals surface area contributed by atoms with Gasteiger partial charge < -0.3 is 10.2 Å². The Labute approximate surface area is 156 Å². The van der Waals surface area contributed by atoms with Crippen LogP contribution in [-0.2, 0) is 0 Å². The van der Waals surface area contributed by atoms with Crippen LogP contribution in [0.2, 0.25) is 5.02 Å². The monoisotopic (exact) mass is 367 g/mol. The van der Waals surface area contributed by atoms with Gasteiger partial charge in [-0.25, -0.2) is 9.97 Å². The minimum atomic E-state index is -0.169. The van der Waals surface area contributed by atoms with Crippen molar-refractivity contribution in [2.24, 2.45) is 0 Å². The Morgan fingerprint density at radius 2 is 2.00 bits per heavy atom. The van der Waals surface area contributed by atoms with E-state index in [9.17, 15) is 4.79 Å². The van der Waals surface area contributed by atoms with Gasteiger partial charge >= 0.3 is 0 Å². The molecule has 0 unspecified atom stereocenters. The van der Waals surface area contributed by atoms with Gasteiger partial charge in [0.2, 0.25) is 0 Å². The van der Waals surface area contributed by atoms with Gasteiger partial charge in [-0.05, 0) is 43.2 Å². The third kappa shape index (κ3) is 3.60. The number of carbonyl (C=O) groups is 1. The number of rotatable bonds is 3. The Balaban J connectivity index is 1.39. The zero-order chi connectivity index (χ0) is 17.9. The maximum atomic E-state index is 12.2. The predicted octanol–water partition coefficient (Wildman–Crippen LogP) is 3.08. The van der Waals surface area contributed by atoms with E-state index in [2.05, 4.69) is 20.2 Å². The van der Waals surface area contributed by atoms with E-state index in [4.69, 9.17) is 16.6 Å². The molecule has 1 aliphatic heterocycles. The number of nitrogens with one attached hydrogen (secondary N) is 1. The maximum absolute atomic E-state index is 12.2. The number of aromatic nitrogens is 3. The molecule has 1 amide bonds. The highest BCUT2D eigenvalue weighted by molar-refractivity contribution is 6.31.